The van der Waals surface area contributed by atoms with Crippen LogP contribution in [0.4, 0.5) is 0 Å². The van der Waals surface area contributed by atoms with Gasteiger partial charge in [-0.15, -0.1) is 0 Å². The van der Waals surface area contributed by atoms with Crippen molar-refractivity contribution in [3.8, 4) is 0 Å². The van der Waals surface area contributed by atoms with Crippen molar-refractivity contribution < 1.29 is 28.4 Å². The lowest BCUT2D eigenvalue weighted by atomic mass is 9.97. The van der Waals surface area contributed by atoms with E-state index < -0.39 is 17.9 Å². The van der Waals surface area contributed by atoms with E-state index in [9.17, 15) is 0 Å². The van der Waals surface area contributed by atoms with Crippen LogP contribution in [0.15, 0.2) is 0 Å². The van der Waals surface area contributed by atoms with Gasteiger partial charge in [0.2, 0.25) is 0 Å². The molecule has 0 spiro atoms. The first-order valence-electron chi connectivity index (χ1n) is 9.31. The molecule has 0 radical (unpaired) electrons. The van der Waals surface area contributed by atoms with Gasteiger partial charge in [0.1, 0.15) is 24.4 Å². The Bertz CT molecular complexity index is 458. The number of fused-ring (bicyclic) bond motifs is 3. The van der Waals surface area contributed by atoms with Crippen LogP contribution in [-0.2, 0) is 28.4 Å². The van der Waals surface area contributed by atoms with E-state index in [2.05, 4.69) is 0 Å². The van der Waals surface area contributed by atoms with Crippen molar-refractivity contribution in [2.45, 2.75) is 108 Å². The van der Waals surface area contributed by atoms with E-state index in [1.165, 1.54) is 19.3 Å². The van der Waals surface area contributed by atoms with Crippen LogP contribution in [0.2, 0.25) is 0 Å². The zero-order valence-corrected chi connectivity index (χ0v) is 15.2. The molecule has 0 aromatic rings. The van der Waals surface area contributed by atoms with Crippen molar-refractivity contribution >= 4 is 0 Å². The molecule has 1 aliphatic carbocycles. The first-order chi connectivity index (χ1) is 11.3. The third-order valence-corrected chi connectivity index (χ3v) is 5.30. The number of hydrogen-bond acceptors (Lipinski definition) is 6. The van der Waals surface area contributed by atoms with Crippen LogP contribution in [0.3, 0.4) is 0 Å². The Kier molecular flexibility index (Phi) is 4.43. The molecule has 4 aliphatic rings. The molecule has 0 N–H and O–H groups in total. The van der Waals surface area contributed by atoms with Gasteiger partial charge in [-0.3, -0.25) is 0 Å². The monoisotopic (exact) mass is 342 g/mol. The van der Waals surface area contributed by atoms with Crippen molar-refractivity contribution in [2.24, 2.45) is 0 Å². The molecule has 24 heavy (non-hydrogen) atoms. The summed E-state index contributed by atoms with van der Waals surface area (Å²) in [5.41, 5.74) is 0. The molecule has 3 heterocycles. The summed E-state index contributed by atoms with van der Waals surface area (Å²) >= 11 is 0. The lowest BCUT2D eigenvalue weighted by molar-refractivity contribution is -0.246. The van der Waals surface area contributed by atoms with Crippen LogP contribution in [-0.4, -0.2) is 55.0 Å². The molecule has 0 aromatic carbocycles. The number of ether oxygens (including phenoxy) is 6. The van der Waals surface area contributed by atoms with E-state index in [1.807, 2.05) is 27.7 Å². The minimum absolute atomic E-state index is 0.192. The van der Waals surface area contributed by atoms with Crippen LogP contribution >= 0.6 is 0 Å². The molecule has 0 bridgehead atoms. The van der Waals surface area contributed by atoms with Gasteiger partial charge in [0.25, 0.3) is 0 Å². The van der Waals surface area contributed by atoms with Crippen LogP contribution < -0.4 is 0 Å². The van der Waals surface area contributed by atoms with E-state index in [4.69, 9.17) is 28.4 Å². The third-order valence-electron chi connectivity index (χ3n) is 5.30. The molecule has 6 heteroatoms. The molecule has 138 valence electrons. The second-order valence-electron chi connectivity index (χ2n) is 8.30. The highest BCUT2D eigenvalue weighted by Crippen LogP contribution is 2.44. The van der Waals surface area contributed by atoms with Crippen LogP contribution in [0, 0.1) is 0 Å². The molecular formula is C18H30O6. The van der Waals surface area contributed by atoms with Crippen molar-refractivity contribution in [3.05, 3.63) is 0 Å². The Morgan fingerprint density at radius 2 is 1.42 bits per heavy atom. The SMILES string of the molecule is CC1(C)OC2C3OC(C)(C)O[C@H]3C(COC3CCCCC3)O[C@@H]2O1. The zero-order valence-electron chi connectivity index (χ0n) is 15.2. The number of rotatable bonds is 3. The van der Waals surface area contributed by atoms with Gasteiger partial charge in [-0.2, -0.15) is 0 Å². The average molecular weight is 342 g/mol. The second kappa shape index (κ2) is 6.18. The summed E-state index contributed by atoms with van der Waals surface area (Å²) in [7, 11) is 0. The van der Waals surface area contributed by atoms with E-state index in [0.717, 1.165) is 12.8 Å². The van der Waals surface area contributed by atoms with Gasteiger partial charge in [-0.25, -0.2) is 0 Å². The van der Waals surface area contributed by atoms with E-state index in [1.54, 1.807) is 0 Å². The highest BCUT2D eigenvalue weighted by molar-refractivity contribution is 5.00. The molecule has 0 aromatic heterocycles. The molecule has 1 saturated carbocycles. The molecule has 4 fully saturated rings. The molecule has 3 unspecified atom stereocenters. The van der Waals surface area contributed by atoms with Crippen molar-refractivity contribution in [3.63, 3.8) is 0 Å². The molecule has 3 saturated heterocycles. The minimum atomic E-state index is -0.672. The lowest BCUT2D eigenvalue weighted by Crippen LogP contribution is -2.56. The maximum absolute atomic E-state index is 6.17. The van der Waals surface area contributed by atoms with Gasteiger partial charge in [-0.05, 0) is 40.5 Å². The highest BCUT2D eigenvalue weighted by atomic mass is 16.9. The van der Waals surface area contributed by atoms with E-state index in [-0.39, 0.29) is 24.4 Å². The molecule has 5 atom stereocenters. The standard InChI is InChI=1S/C18H30O6/c1-17(2)21-13-12(10-19-11-8-6-5-7-9-11)20-16-15(14(13)22-17)23-18(3,4)24-16/h11-16H,5-10H2,1-4H3/t12?,13-,14?,15?,16+/m0/s1. The summed E-state index contributed by atoms with van der Waals surface area (Å²) in [4.78, 5) is 0. The van der Waals surface area contributed by atoms with Crippen LogP contribution in [0.5, 0.6) is 0 Å². The average Bonchev–Trinajstić information content (AvgIpc) is 3.00. The molecule has 0 amide bonds. The van der Waals surface area contributed by atoms with Gasteiger partial charge in [0, 0.05) is 0 Å². The maximum atomic E-state index is 6.17. The Morgan fingerprint density at radius 3 is 2.17 bits per heavy atom. The summed E-state index contributed by atoms with van der Waals surface area (Å²) < 4.78 is 36.5. The van der Waals surface area contributed by atoms with Crippen LogP contribution in [0.25, 0.3) is 0 Å². The van der Waals surface area contributed by atoms with Crippen molar-refractivity contribution in [1.82, 2.24) is 0 Å². The van der Waals surface area contributed by atoms with E-state index >= 15 is 0 Å². The fraction of sp³-hybridized carbons (Fsp3) is 1.00. The number of hydrogen-bond donors (Lipinski definition) is 0. The predicted molar refractivity (Wildman–Crippen MR) is 85.3 cm³/mol. The van der Waals surface area contributed by atoms with Gasteiger partial charge < -0.3 is 28.4 Å². The Morgan fingerprint density at radius 1 is 0.792 bits per heavy atom. The first-order valence-corrected chi connectivity index (χ1v) is 9.31. The Balaban J connectivity index is 1.45. The Hall–Kier alpha value is -0.240. The minimum Gasteiger partial charge on any atom is -0.375 e. The third kappa shape index (κ3) is 3.37. The largest absolute Gasteiger partial charge is 0.375 e. The topological polar surface area (TPSA) is 55.4 Å². The summed E-state index contributed by atoms with van der Waals surface area (Å²) in [5, 5.41) is 0. The smallest absolute Gasteiger partial charge is 0.190 e. The van der Waals surface area contributed by atoms with Gasteiger partial charge in [-0.1, -0.05) is 19.3 Å². The maximum Gasteiger partial charge on any atom is 0.190 e. The highest BCUT2D eigenvalue weighted by Gasteiger charge is 2.60. The zero-order chi connectivity index (χ0) is 16.9. The van der Waals surface area contributed by atoms with Gasteiger partial charge >= 0.3 is 0 Å². The van der Waals surface area contributed by atoms with Gasteiger partial charge in [0.05, 0.1) is 12.7 Å². The fourth-order valence-electron chi connectivity index (χ4n) is 4.29. The molecule has 6 nitrogen and oxygen atoms in total. The van der Waals surface area contributed by atoms with Crippen molar-refractivity contribution in [2.75, 3.05) is 6.61 Å². The first kappa shape index (κ1) is 17.2. The predicted octanol–water partition coefficient (Wildman–Crippen LogP) is 2.73. The molecule has 3 aliphatic heterocycles. The summed E-state index contributed by atoms with van der Waals surface area (Å²) in [5.74, 6) is -1.32. The normalized spacial score (nSPS) is 44.2. The molecule has 4 rings (SSSR count). The lowest BCUT2D eigenvalue weighted by Gasteiger charge is -2.37. The second-order valence-corrected chi connectivity index (χ2v) is 8.30. The summed E-state index contributed by atoms with van der Waals surface area (Å²) in [6, 6.07) is 0. The van der Waals surface area contributed by atoms with E-state index in [0.29, 0.717) is 12.7 Å². The van der Waals surface area contributed by atoms with Crippen molar-refractivity contribution in [1.29, 1.82) is 0 Å². The fourth-order valence-corrected chi connectivity index (χ4v) is 4.29. The quantitative estimate of drug-likeness (QED) is 0.786. The summed E-state index contributed by atoms with van der Waals surface area (Å²) in [6.07, 6.45) is 5.17. The van der Waals surface area contributed by atoms with Gasteiger partial charge in [0.15, 0.2) is 17.9 Å². The molecular weight excluding hydrogens is 312 g/mol. The Labute approximate surface area is 144 Å². The summed E-state index contributed by atoms with van der Waals surface area (Å²) in [6.45, 7) is 8.18. The van der Waals surface area contributed by atoms with Crippen LogP contribution in [0.1, 0.15) is 59.8 Å².